The lowest BCUT2D eigenvalue weighted by molar-refractivity contribution is 0.0695. The first-order valence-corrected chi connectivity index (χ1v) is 8.70. The van der Waals surface area contributed by atoms with Gasteiger partial charge in [0.2, 0.25) is 0 Å². The van der Waals surface area contributed by atoms with E-state index in [2.05, 4.69) is 18.7 Å². The first-order chi connectivity index (χ1) is 9.18. The summed E-state index contributed by atoms with van der Waals surface area (Å²) in [6.45, 7) is 5.67. The van der Waals surface area contributed by atoms with Crippen LogP contribution in [0.25, 0.3) is 0 Å². The summed E-state index contributed by atoms with van der Waals surface area (Å²) in [5, 5.41) is 0. The van der Waals surface area contributed by atoms with Gasteiger partial charge in [0.1, 0.15) is 0 Å². The SMILES string of the molecule is CC(C)C(N)CN(C1CCCCC1)C1CCCCC1. The van der Waals surface area contributed by atoms with Gasteiger partial charge in [0.05, 0.1) is 0 Å². The number of hydrogen-bond donors (Lipinski definition) is 1. The largest absolute Gasteiger partial charge is 0.326 e. The van der Waals surface area contributed by atoms with Crippen molar-refractivity contribution >= 4 is 0 Å². The molecular weight excluding hydrogens is 232 g/mol. The first kappa shape index (κ1) is 15.3. The summed E-state index contributed by atoms with van der Waals surface area (Å²) in [7, 11) is 0. The summed E-state index contributed by atoms with van der Waals surface area (Å²) < 4.78 is 0. The van der Waals surface area contributed by atoms with Crippen molar-refractivity contribution in [2.75, 3.05) is 6.54 Å². The summed E-state index contributed by atoms with van der Waals surface area (Å²) >= 11 is 0. The molecule has 0 bridgehead atoms. The summed E-state index contributed by atoms with van der Waals surface area (Å²) in [6, 6.07) is 2.02. The van der Waals surface area contributed by atoms with Gasteiger partial charge in [-0.2, -0.15) is 0 Å². The summed E-state index contributed by atoms with van der Waals surface area (Å²) in [6.07, 6.45) is 14.3. The van der Waals surface area contributed by atoms with E-state index in [-0.39, 0.29) is 0 Å². The lowest BCUT2D eigenvalue weighted by Gasteiger charge is -2.43. The highest BCUT2D eigenvalue weighted by molar-refractivity contribution is 4.86. The molecule has 0 spiro atoms. The van der Waals surface area contributed by atoms with Crippen molar-refractivity contribution in [1.82, 2.24) is 4.90 Å². The minimum absolute atomic E-state index is 0.351. The highest BCUT2D eigenvalue weighted by Gasteiger charge is 2.30. The van der Waals surface area contributed by atoms with Crippen LogP contribution in [0.1, 0.15) is 78.1 Å². The normalized spacial score (nSPS) is 25.1. The zero-order valence-corrected chi connectivity index (χ0v) is 13.1. The predicted octanol–water partition coefficient (Wildman–Crippen LogP) is 3.94. The molecule has 2 aliphatic carbocycles. The van der Waals surface area contributed by atoms with Gasteiger partial charge in [-0.1, -0.05) is 52.4 Å². The van der Waals surface area contributed by atoms with Crippen LogP contribution in [0.5, 0.6) is 0 Å². The van der Waals surface area contributed by atoms with Gasteiger partial charge in [-0.3, -0.25) is 4.90 Å². The minimum atomic E-state index is 0.351. The Labute approximate surface area is 120 Å². The zero-order valence-electron chi connectivity index (χ0n) is 13.1. The smallest absolute Gasteiger partial charge is 0.0191 e. The average Bonchev–Trinajstić information content (AvgIpc) is 2.46. The molecule has 0 heterocycles. The second kappa shape index (κ2) is 7.64. The molecule has 0 saturated heterocycles. The molecule has 0 amide bonds. The Bertz CT molecular complexity index is 222. The van der Waals surface area contributed by atoms with Gasteiger partial charge >= 0.3 is 0 Å². The van der Waals surface area contributed by atoms with Crippen LogP contribution >= 0.6 is 0 Å². The van der Waals surface area contributed by atoms with Crippen molar-refractivity contribution in [2.24, 2.45) is 11.7 Å². The summed E-state index contributed by atoms with van der Waals surface area (Å²) in [4.78, 5) is 2.84. The van der Waals surface area contributed by atoms with Gasteiger partial charge in [-0.05, 0) is 31.6 Å². The highest BCUT2D eigenvalue weighted by atomic mass is 15.2. The number of nitrogens with zero attached hydrogens (tertiary/aromatic N) is 1. The lowest BCUT2D eigenvalue weighted by Crippen LogP contribution is -2.51. The van der Waals surface area contributed by atoms with Crippen molar-refractivity contribution < 1.29 is 0 Å². The number of hydrogen-bond acceptors (Lipinski definition) is 2. The summed E-state index contributed by atoms with van der Waals surface area (Å²) in [5.41, 5.74) is 6.39. The maximum absolute atomic E-state index is 6.39. The van der Waals surface area contributed by atoms with Gasteiger partial charge in [-0.15, -0.1) is 0 Å². The van der Waals surface area contributed by atoms with E-state index in [1.54, 1.807) is 0 Å². The van der Waals surface area contributed by atoms with Crippen molar-refractivity contribution in [3.05, 3.63) is 0 Å². The minimum Gasteiger partial charge on any atom is -0.326 e. The maximum Gasteiger partial charge on any atom is 0.0191 e. The van der Waals surface area contributed by atoms with E-state index in [1.807, 2.05) is 0 Å². The van der Waals surface area contributed by atoms with Crippen LogP contribution < -0.4 is 5.73 Å². The Kier molecular flexibility index (Phi) is 6.15. The quantitative estimate of drug-likeness (QED) is 0.816. The molecule has 2 heteroatoms. The van der Waals surface area contributed by atoms with E-state index in [4.69, 9.17) is 5.73 Å². The lowest BCUT2D eigenvalue weighted by atomic mass is 9.87. The second-order valence-corrected chi connectivity index (χ2v) is 7.19. The first-order valence-electron chi connectivity index (χ1n) is 8.70. The van der Waals surface area contributed by atoms with Crippen LogP contribution in [0.3, 0.4) is 0 Å². The molecule has 0 aromatic carbocycles. The molecule has 0 aliphatic heterocycles. The van der Waals surface area contributed by atoms with Gasteiger partial charge in [-0.25, -0.2) is 0 Å². The van der Waals surface area contributed by atoms with Crippen LogP contribution in [0, 0.1) is 5.92 Å². The standard InChI is InChI=1S/C17H34N2/c1-14(2)17(18)13-19(15-9-5-3-6-10-15)16-11-7-4-8-12-16/h14-17H,3-13,18H2,1-2H3. The molecule has 112 valence electrons. The molecule has 2 fully saturated rings. The van der Waals surface area contributed by atoms with E-state index in [9.17, 15) is 0 Å². The average molecular weight is 266 g/mol. The monoisotopic (exact) mass is 266 g/mol. The van der Waals surface area contributed by atoms with Crippen molar-refractivity contribution in [3.8, 4) is 0 Å². The topological polar surface area (TPSA) is 29.3 Å². The Hall–Kier alpha value is -0.0800. The number of nitrogens with two attached hydrogens (primary N) is 1. The molecule has 2 rings (SSSR count). The molecule has 19 heavy (non-hydrogen) atoms. The van der Waals surface area contributed by atoms with Crippen molar-refractivity contribution in [1.29, 1.82) is 0 Å². The van der Waals surface area contributed by atoms with Gasteiger partial charge in [0.25, 0.3) is 0 Å². The number of rotatable bonds is 5. The van der Waals surface area contributed by atoms with E-state index in [0.29, 0.717) is 12.0 Å². The zero-order chi connectivity index (χ0) is 13.7. The van der Waals surface area contributed by atoms with Crippen LogP contribution in [0.4, 0.5) is 0 Å². The molecule has 0 radical (unpaired) electrons. The Morgan fingerprint density at radius 2 is 1.26 bits per heavy atom. The fraction of sp³-hybridized carbons (Fsp3) is 1.00. The fourth-order valence-corrected chi connectivity index (χ4v) is 3.88. The van der Waals surface area contributed by atoms with Crippen LogP contribution in [-0.2, 0) is 0 Å². The van der Waals surface area contributed by atoms with Gasteiger partial charge < -0.3 is 5.73 Å². The predicted molar refractivity (Wildman–Crippen MR) is 83.3 cm³/mol. The molecule has 2 aliphatic rings. The Balaban J connectivity index is 1.98. The van der Waals surface area contributed by atoms with E-state index in [0.717, 1.165) is 18.6 Å². The maximum atomic E-state index is 6.39. The van der Waals surface area contributed by atoms with Crippen LogP contribution in [0.2, 0.25) is 0 Å². The third-order valence-corrected chi connectivity index (χ3v) is 5.37. The molecule has 0 aromatic rings. The van der Waals surface area contributed by atoms with E-state index < -0.39 is 0 Å². The van der Waals surface area contributed by atoms with Gasteiger partial charge in [0, 0.05) is 24.7 Å². The van der Waals surface area contributed by atoms with Crippen LogP contribution in [-0.4, -0.2) is 29.6 Å². The molecule has 2 nitrogen and oxygen atoms in total. The van der Waals surface area contributed by atoms with E-state index in [1.165, 1.54) is 64.2 Å². The molecule has 0 aromatic heterocycles. The third kappa shape index (κ3) is 4.46. The van der Waals surface area contributed by atoms with E-state index >= 15 is 0 Å². The molecule has 1 unspecified atom stereocenters. The second-order valence-electron chi connectivity index (χ2n) is 7.19. The Morgan fingerprint density at radius 1 is 0.842 bits per heavy atom. The van der Waals surface area contributed by atoms with Crippen molar-refractivity contribution in [3.63, 3.8) is 0 Å². The molecular formula is C17H34N2. The Morgan fingerprint density at radius 3 is 1.63 bits per heavy atom. The van der Waals surface area contributed by atoms with Gasteiger partial charge in [0.15, 0.2) is 0 Å². The summed E-state index contributed by atoms with van der Waals surface area (Å²) in [5.74, 6) is 0.606. The molecule has 2 saturated carbocycles. The van der Waals surface area contributed by atoms with Crippen LogP contribution in [0.15, 0.2) is 0 Å². The van der Waals surface area contributed by atoms with Crippen molar-refractivity contribution in [2.45, 2.75) is 96.2 Å². The fourth-order valence-electron chi connectivity index (χ4n) is 3.88. The molecule has 2 N–H and O–H groups in total. The third-order valence-electron chi connectivity index (χ3n) is 5.37. The molecule has 1 atom stereocenters. The highest BCUT2D eigenvalue weighted by Crippen LogP contribution is 2.30.